The summed E-state index contributed by atoms with van der Waals surface area (Å²) in [6.45, 7) is 3.38. The van der Waals surface area contributed by atoms with Crippen LogP contribution in [0.25, 0.3) is 0 Å². The van der Waals surface area contributed by atoms with E-state index in [9.17, 15) is 0 Å². The third kappa shape index (κ3) is 2.87. The summed E-state index contributed by atoms with van der Waals surface area (Å²) in [5.41, 5.74) is 5.64. The fraction of sp³-hybridized carbons (Fsp3) is 0.615. The number of nitrogens with one attached hydrogen (secondary N) is 1. The van der Waals surface area contributed by atoms with E-state index in [1.165, 1.54) is 25.7 Å². The lowest BCUT2D eigenvalue weighted by atomic mass is 9.80. The van der Waals surface area contributed by atoms with Gasteiger partial charge in [-0.2, -0.15) is 0 Å². The second-order valence-corrected chi connectivity index (χ2v) is 4.85. The van der Waals surface area contributed by atoms with Crippen molar-refractivity contribution in [3.8, 4) is 0 Å². The van der Waals surface area contributed by atoms with Gasteiger partial charge in [-0.25, -0.2) is 4.98 Å². The second kappa shape index (κ2) is 5.19. The molecule has 2 rings (SSSR count). The zero-order chi connectivity index (χ0) is 11.4. The van der Waals surface area contributed by atoms with Gasteiger partial charge < -0.3 is 11.1 Å². The SMILES string of the molecule is CC1CCCCC1CNc1cccc(N)n1. The Morgan fingerprint density at radius 1 is 1.38 bits per heavy atom. The lowest BCUT2D eigenvalue weighted by Gasteiger charge is -2.28. The van der Waals surface area contributed by atoms with E-state index in [2.05, 4.69) is 17.2 Å². The average Bonchev–Trinajstić information content (AvgIpc) is 2.28. The van der Waals surface area contributed by atoms with Crippen molar-refractivity contribution >= 4 is 11.6 Å². The Kier molecular flexibility index (Phi) is 3.65. The Morgan fingerprint density at radius 2 is 2.19 bits per heavy atom. The number of hydrogen-bond donors (Lipinski definition) is 2. The number of nitrogen functional groups attached to an aromatic ring is 1. The zero-order valence-corrected chi connectivity index (χ0v) is 9.95. The van der Waals surface area contributed by atoms with E-state index in [0.29, 0.717) is 5.82 Å². The first-order valence-corrected chi connectivity index (χ1v) is 6.22. The van der Waals surface area contributed by atoms with Crippen LogP contribution in [0.3, 0.4) is 0 Å². The van der Waals surface area contributed by atoms with Gasteiger partial charge >= 0.3 is 0 Å². The molecule has 0 aliphatic heterocycles. The molecule has 1 aromatic heterocycles. The molecule has 0 spiro atoms. The maximum Gasteiger partial charge on any atom is 0.128 e. The van der Waals surface area contributed by atoms with Gasteiger partial charge in [0.2, 0.25) is 0 Å². The van der Waals surface area contributed by atoms with Crippen molar-refractivity contribution in [3.05, 3.63) is 18.2 Å². The van der Waals surface area contributed by atoms with Gasteiger partial charge in [0.05, 0.1) is 0 Å². The molecule has 0 radical (unpaired) electrons. The van der Waals surface area contributed by atoms with Crippen molar-refractivity contribution < 1.29 is 0 Å². The maximum atomic E-state index is 5.64. The summed E-state index contributed by atoms with van der Waals surface area (Å²) in [6.07, 6.45) is 5.49. The Labute approximate surface area is 97.5 Å². The fourth-order valence-corrected chi connectivity index (χ4v) is 2.48. The molecule has 1 aliphatic rings. The van der Waals surface area contributed by atoms with Gasteiger partial charge in [0.25, 0.3) is 0 Å². The van der Waals surface area contributed by atoms with Crippen molar-refractivity contribution in [1.29, 1.82) is 0 Å². The average molecular weight is 219 g/mol. The summed E-state index contributed by atoms with van der Waals surface area (Å²) in [5, 5.41) is 3.39. The molecule has 1 heterocycles. The number of anilines is 2. The molecule has 0 bridgehead atoms. The van der Waals surface area contributed by atoms with Crippen LogP contribution in [0.2, 0.25) is 0 Å². The molecular weight excluding hydrogens is 198 g/mol. The summed E-state index contributed by atoms with van der Waals surface area (Å²) in [6, 6.07) is 5.73. The molecule has 0 amide bonds. The van der Waals surface area contributed by atoms with Gasteiger partial charge in [-0.15, -0.1) is 0 Å². The van der Waals surface area contributed by atoms with Crippen molar-refractivity contribution in [3.63, 3.8) is 0 Å². The van der Waals surface area contributed by atoms with Crippen LogP contribution in [0.1, 0.15) is 32.6 Å². The van der Waals surface area contributed by atoms with Crippen LogP contribution in [0.4, 0.5) is 11.6 Å². The predicted octanol–water partition coefficient (Wildman–Crippen LogP) is 2.90. The molecule has 1 fully saturated rings. The molecule has 1 aliphatic carbocycles. The van der Waals surface area contributed by atoms with Crippen LogP contribution < -0.4 is 11.1 Å². The molecule has 88 valence electrons. The minimum absolute atomic E-state index is 0.585. The summed E-state index contributed by atoms with van der Waals surface area (Å²) in [5.74, 6) is 3.11. The van der Waals surface area contributed by atoms with Crippen molar-refractivity contribution in [2.45, 2.75) is 32.6 Å². The molecule has 16 heavy (non-hydrogen) atoms. The molecule has 1 saturated carbocycles. The third-order valence-corrected chi connectivity index (χ3v) is 3.61. The highest BCUT2D eigenvalue weighted by molar-refractivity contribution is 5.42. The summed E-state index contributed by atoms with van der Waals surface area (Å²) < 4.78 is 0. The monoisotopic (exact) mass is 219 g/mol. The normalized spacial score (nSPS) is 25.3. The Morgan fingerprint density at radius 3 is 2.94 bits per heavy atom. The summed E-state index contributed by atoms with van der Waals surface area (Å²) in [4.78, 5) is 4.25. The molecule has 2 atom stereocenters. The lowest BCUT2D eigenvalue weighted by Crippen LogP contribution is -2.24. The van der Waals surface area contributed by atoms with E-state index in [4.69, 9.17) is 5.73 Å². The van der Waals surface area contributed by atoms with Crippen molar-refractivity contribution in [2.75, 3.05) is 17.6 Å². The van der Waals surface area contributed by atoms with Gasteiger partial charge in [-0.3, -0.25) is 0 Å². The molecular formula is C13H21N3. The molecule has 0 aromatic carbocycles. The predicted molar refractivity (Wildman–Crippen MR) is 68.3 cm³/mol. The van der Waals surface area contributed by atoms with E-state index in [1.54, 1.807) is 0 Å². The van der Waals surface area contributed by atoms with E-state index in [-0.39, 0.29) is 0 Å². The largest absolute Gasteiger partial charge is 0.384 e. The van der Waals surface area contributed by atoms with E-state index >= 15 is 0 Å². The molecule has 0 saturated heterocycles. The third-order valence-electron chi connectivity index (χ3n) is 3.61. The molecule has 2 unspecified atom stereocenters. The molecule has 1 aromatic rings. The highest BCUT2D eigenvalue weighted by Gasteiger charge is 2.20. The second-order valence-electron chi connectivity index (χ2n) is 4.85. The summed E-state index contributed by atoms with van der Waals surface area (Å²) >= 11 is 0. The molecule has 3 nitrogen and oxygen atoms in total. The lowest BCUT2D eigenvalue weighted by molar-refractivity contribution is 0.268. The maximum absolute atomic E-state index is 5.64. The van der Waals surface area contributed by atoms with Gasteiger partial charge in [0.1, 0.15) is 11.6 Å². The van der Waals surface area contributed by atoms with Gasteiger partial charge in [0.15, 0.2) is 0 Å². The Bertz CT molecular complexity index is 338. The van der Waals surface area contributed by atoms with Crippen LogP contribution in [-0.4, -0.2) is 11.5 Å². The minimum atomic E-state index is 0.585. The van der Waals surface area contributed by atoms with E-state index in [1.807, 2.05) is 18.2 Å². The standard InChI is InChI=1S/C13H21N3/c1-10-5-2-3-6-11(10)9-15-13-8-4-7-12(14)16-13/h4,7-8,10-11H,2-3,5-6,9H2,1H3,(H3,14,15,16). The highest BCUT2D eigenvalue weighted by Crippen LogP contribution is 2.29. The van der Waals surface area contributed by atoms with Crippen LogP contribution >= 0.6 is 0 Å². The summed E-state index contributed by atoms with van der Waals surface area (Å²) in [7, 11) is 0. The van der Waals surface area contributed by atoms with Gasteiger partial charge in [-0.05, 0) is 30.4 Å². The quantitative estimate of drug-likeness (QED) is 0.821. The molecule has 3 heteroatoms. The van der Waals surface area contributed by atoms with Crippen LogP contribution in [0.5, 0.6) is 0 Å². The van der Waals surface area contributed by atoms with E-state index in [0.717, 1.165) is 24.2 Å². The first-order valence-electron chi connectivity index (χ1n) is 6.22. The smallest absolute Gasteiger partial charge is 0.128 e. The fourth-order valence-electron chi connectivity index (χ4n) is 2.48. The van der Waals surface area contributed by atoms with Crippen molar-refractivity contribution in [2.24, 2.45) is 11.8 Å². The number of nitrogens with two attached hydrogens (primary N) is 1. The van der Waals surface area contributed by atoms with Gasteiger partial charge in [0, 0.05) is 6.54 Å². The van der Waals surface area contributed by atoms with Crippen LogP contribution in [-0.2, 0) is 0 Å². The van der Waals surface area contributed by atoms with Crippen LogP contribution in [0, 0.1) is 11.8 Å². The van der Waals surface area contributed by atoms with Crippen LogP contribution in [0.15, 0.2) is 18.2 Å². The Balaban J connectivity index is 1.86. The van der Waals surface area contributed by atoms with Gasteiger partial charge in [-0.1, -0.05) is 32.3 Å². The van der Waals surface area contributed by atoms with Crippen molar-refractivity contribution in [1.82, 2.24) is 4.98 Å². The Hall–Kier alpha value is -1.25. The van der Waals surface area contributed by atoms with E-state index < -0.39 is 0 Å². The number of pyridine rings is 1. The molecule has 3 N–H and O–H groups in total. The number of aromatic nitrogens is 1. The number of nitrogens with zero attached hydrogens (tertiary/aromatic N) is 1. The number of rotatable bonds is 3. The zero-order valence-electron chi connectivity index (χ0n) is 9.95. The topological polar surface area (TPSA) is 50.9 Å². The first-order chi connectivity index (χ1) is 7.75. The minimum Gasteiger partial charge on any atom is -0.384 e. The highest BCUT2D eigenvalue weighted by atomic mass is 15.0. The first kappa shape index (κ1) is 11.2. The number of hydrogen-bond acceptors (Lipinski definition) is 3.